The molecule has 0 aromatic rings. The number of hydrogen-bond acceptors (Lipinski definition) is 6. The molecule has 1 aliphatic carbocycles. The van der Waals surface area contributed by atoms with Crippen LogP contribution in [0.2, 0.25) is 0 Å². The molecule has 0 spiro atoms. The summed E-state index contributed by atoms with van der Waals surface area (Å²) >= 11 is 0. The first-order valence-corrected chi connectivity index (χ1v) is 10.8. The number of methoxy groups -OCH3 is 1. The molecule has 0 bridgehead atoms. The van der Waals surface area contributed by atoms with Crippen LogP contribution in [-0.4, -0.2) is 73.9 Å². The van der Waals surface area contributed by atoms with Gasteiger partial charge in [-0.3, -0.25) is 4.79 Å². The quantitative estimate of drug-likeness (QED) is 0.274. The average molecular weight is 781 g/mol. The summed E-state index contributed by atoms with van der Waals surface area (Å²) in [6, 6.07) is -0.847. The predicted molar refractivity (Wildman–Crippen MR) is 101 cm³/mol. The number of amidine groups is 1. The number of carbonyl (C=O) groups excluding carboxylic acids is 1. The summed E-state index contributed by atoms with van der Waals surface area (Å²) in [5.74, 6) is -0.333. The minimum absolute atomic E-state index is 0. The van der Waals surface area contributed by atoms with Crippen molar-refractivity contribution in [2.24, 2.45) is 10.9 Å². The van der Waals surface area contributed by atoms with Gasteiger partial charge in [0.25, 0.3) is 0 Å². The van der Waals surface area contributed by atoms with E-state index in [1.165, 1.54) is 12.0 Å². The monoisotopic (exact) mass is 781 g/mol. The van der Waals surface area contributed by atoms with Crippen molar-refractivity contribution >= 4 is 27.9 Å². The number of hydrogen-bond donors (Lipinski definition) is 3. The minimum atomic E-state index is -3.68. The number of amides is 2. The van der Waals surface area contributed by atoms with Crippen LogP contribution in [0.25, 0.3) is 0 Å². The molecule has 0 radical (unpaired) electrons. The Morgan fingerprint density at radius 1 is 1.47 bits per heavy atom. The molecular formula is C17H25N4O6SW2-. The van der Waals surface area contributed by atoms with Crippen LogP contribution in [0.3, 0.4) is 0 Å². The smallest absolute Gasteiger partial charge is 0.405 e. The molecule has 2 heterocycles. The van der Waals surface area contributed by atoms with Crippen molar-refractivity contribution in [2.45, 2.75) is 43.9 Å². The van der Waals surface area contributed by atoms with Crippen LogP contribution in [0.5, 0.6) is 0 Å². The topological polar surface area (TPSA) is 137 Å². The number of ether oxygens (including phenoxy) is 1. The zero-order chi connectivity index (χ0) is 20.5. The van der Waals surface area contributed by atoms with Crippen LogP contribution in [0.15, 0.2) is 17.6 Å². The van der Waals surface area contributed by atoms with Crippen molar-refractivity contribution in [1.82, 2.24) is 14.9 Å². The maximum Gasteiger partial charge on any atom is 0.405 e. The number of carboxylic acid groups (broad SMARTS) is 1. The van der Waals surface area contributed by atoms with Crippen molar-refractivity contribution in [1.29, 1.82) is 0 Å². The third-order valence-electron chi connectivity index (χ3n) is 5.20. The Morgan fingerprint density at radius 2 is 2.17 bits per heavy atom. The zero-order valence-corrected chi connectivity index (χ0v) is 23.1. The first-order valence-electron chi connectivity index (χ1n) is 9.14. The number of carbonyl (C=O) groups is 2. The second kappa shape index (κ2) is 11.1. The van der Waals surface area contributed by atoms with Gasteiger partial charge in [-0.05, 0) is 25.1 Å². The summed E-state index contributed by atoms with van der Waals surface area (Å²) in [4.78, 5) is 30.1. The summed E-state index contributed by atoms with van der Waals surface area (Å²) in [5, 5.41) is 11.3. The fourth-order valence-electron chi connectivity index (χ4n) is 3.60. The third kappa shape index (κ3) is 6.55. The molecule has 2 amide bonds. The molecule has 13 heteroatoms. The van der Waals surface area contributed by atoms with Crippen molar-refractivity contribution in [3.63, 3.8) is 0 Å². The Bertz CT molecular complexity index is 793. The molecule has 3 fully saturated rings. The van der Waals surface area contributed by atoms with Gasteiger partial charge in [0.05, 0.1) is 11.9 Å². The molecule has 1 saturated carbocycles. The summed E-state index contributed by atoms with van der Waals surface area (Å²) in [6.07, 6.45) is 1.42. The van der Waals surface area contributed by atoms with Gasteiger partial charge in [-0.15, -0.1) is 18.7 Å². The van der Waals surface area contributed by atoms with Gasteiger partial charge in [0.15, 0.2) is 0 Å². The van der Waals surface area contributed by atoms with Crippen LogP contribution in [0.4, 0.5) is 4.79 Å². The second-order valence-corrected chi connectivity index (χ2v) is 9.04. The Kier molecular flexibility index (Phi) is 10.1. The largest absolute Gasteiger partial charge is 0.465 e. The molecule has 4 unspecified atom stereocenters. The fraction of sp³-hybridized carbons (Fsp3) is 0.647. The molecule has 2 saturated heterocycles. The van der Waals surface area contributed by atoms with Gasteiger partial charge in [0.2, 0.25) is 15.9 Å². The Hall–Kier alpha value is -0.893. The number of rotatable bonds is 4. The summed E-state index contributed by atoms with van der Waals surface area (Å²) in [7, 11) is -2.16. The van der Waals surface area contributed by atoms with E-state index >= 15 is 0 Å². The van der Waals surface area contributed by atoms with Crippen molar-refractivity contribution in [3.8, 4) is 0 Å². The average Bonchev–Trinajstić information content (AvgIpc) is 3.23. The molecule has 3 aliphatic rings. The maximum atomic E-state index is 13.1. The molecule has 4 atom stereocenters. The maximum absolute atomic E-state index is 13.1. The molecule has 10 nitrogen and oxygen atoms in total. The van der Waals surface area contributed by atoms with Gasteiger partial charge >= 0.3 is 6.09 Å². The molecule has 3 rings (SSSR count). The number of nitrogens with zero attached hydrogens (tertiary/aromatic N) is 2. The molecule has 0 aromatic heterocycles. The number of aliphatic imine (C=N–C) groups is 1. The SMILES string of the molecule is C=CC1C[C-]1N=C1NS(=O)(=O)CCCC(NC(=O)O)C(=O)N2CC(OC)CC12.[W].[W]. The van der Waals surface area contributed by atoms with E-state index in [9.17, 15) is 18.0 Å². The van der Waals surface area contributed by atoms with E-state index in [0.717, 1.165) is 6.04 Å². The van der Waals surface area contributed by atoms with E-state index in [1.54, 1.807) is 6.08 Å². The van der Waals surface area contributed by atoms with Crippen molar-refractivity contribution < 1.29 is 70.0 Å². The first kappa shape index (κ1) is 27.1. The molecule has 168 valence electrons. The van der Waals surface area contributed by atoms with E-state index < -0.39 is 34.1 Å². The number of fused-ring (bicyclic) bond motifs is 1. The van der Waals surface area contributed by atoms with Crippen molar-refractivity contribution in [2.75, 3.05) is 19.4 Å². The fourth-order valence-corrected chi connectivity index (χ4v) is 4.75. The van der Waals surface area contributed by atoms with Crippen LogP contribution < -0.4 is 10.0 Å². The minimum Gasteiger partial charge on any atom is -0.465 e. The number of sulfonamides is 1. The second-order valence-electron chi connectivity index (χ2n) is 7.20. The zero-order valence-electron chi connectivity index (χ0n) is 16.4. The van der Waals surface area contributed by atoms with E-state index in [4.69, 9.17) is 9.84 Å². The van der Waals surface area contributed by atoms with Crippen LogP contribution in [0.1, 0.15) is 25.7 Å². The van der Waals surface area contributed by atoms with E-state index in [0.29, 0.717) is 12.8 Å². The van der Waals surface area contributed by atoms with Crippen LogP contribution in [0, 0.1) is 12.0 Å². The van der Waals surface area contributed by atoms with Crippen LogP contribution in [-0.2, 0) is 61.7 Å². The summed E-state index contributed by atoms with van der Waals surface area (Å²) < 4.78 is 33.0. The summed E-state index contributed by atoms with van der Waals surface area (Å²) in [5.41, 5.74) is 0. The molecule has 30 heavy (non-hydrogen) atoms. The van der Waals surface area contributed by atoms with Gasteiger partial charge in [-0.2, -0.15) is 0 Å². The van der Waals surface area contributed by atoms with E-state index in [2.05, 4.69) is 21.6 Å². The van der Waals surface area contributed by atoms with Gasteiger partial charge < -0.3 is 29.8 Å². The van der Waals surface area contributed by atoms with Crippen molar-refractivity contribution in [3.05, 3.63) is 18.7 Å². The Labute approximate surface area is 204 Å². The predicted octanol–water partition coefficient (Wildman–Crippen LogP) is 0.0831. The molecule has 3 N–H and O–H groups in total. The normalized spacial score (nSPS) is 31.5. The standard InChI is InChI=1S/C17H25N4O6S.2W/c1-3-10-7-13(10)18-15-14-8-11(27-2)9-21(14)16(22)12(19-17(23)24)5-4-6-28(25,26)20-15;;/h3,10-12,14,19H,1,4-9H2,2H3,(H,18,20)(H,23,24);;/q-1;;. The van der Waals surface area contributed by atoms with Crippen LogP contribution >= 0.6 is 0 Å². The van der Waals surface area contributed by atoms with Gasteiger partial charge in [-0.1, -0.05) is 12.3 Å². The Balaban J connectivity index is 0.00000225. The number of nitrogens with one attached hydrogen (secondary N) is 2. The summed E-state index contributed by atoms with van der Waals surface area (Å²) in [6.45, 7) is 3.95. The van der Waals surface area contributed by atoms with Gasteiger partial charge in [0, 0.05) is 61.8 Å². The van der Waals surface area contributed by atoms with Gasteiger partial charge in [-0.25, -0.2) is 13.2 Å². The molecule has 0 aromatic carbocycles. The van der Waals surface area contributed by atoms with E-state index in [1.807, 2.05) is 0 Å². The van der Waals surface area contributed by atoms with Gasteiger partial charge in [0.1, 0.15) is 6.04 Å². The molecule has 2 aliphatic heterocycles. The first-order chi connectivity index (χ1) is 13.2. The molecular weight excluding hydrogens is 756 g/mol. The third-order valence-corrected chi connectivity index (χ3v) is 6.55. The Morgan fingerprint density at radius 3 is 2.73 bits per heavy atom. The van der Waals surface area contributed by atoms with E-state index in [-0.39, 0.29) is 85.1 Å².